The predicted octanol–water partition coefficient (Wildman–Crippen LogP) is 4.34. The topological polar surface area (TPSA) is 66.5 Å². The van der Waals surface area contributed by atoms with Gasteiger partial charge < -0.3 is 5.32 Å². The summed E-state index contributed by atoms with van der Waals surface area (Å²) in [6.07, 6.45) is 5.39. The molecule has 4 rings (SSSR count). The van der Waals surface area contributed by atoms with Crippen molar-refractivity contribution in [1.82, 2.24) is 20.2 Å². The van der Waals surface area contributed by atoms with E-state index in [2.05, 4.69) is 32.6 Å². The van der Waals surface area contributed by atoms with Crippen LogP contribution >= 0.6 is 11.3 Å². The van der Waals surface area contributed by atoms with Gasteiger partial charge in [-0.3, -0.25) is 5.10 Å². The third kappa shape index (κ3) is 2.84. The molecule has 3 heterocycles. The molecule has 3 aromatic heterocycles. The maximum absolute atomic E-state index is 4.73. The molecular formula is C17H13N5S. The summed E-state index contributed by atoms with van der Waals surface area (Å²) in [5.41, 5.74) is 3.01. The van der Waals surface area contributed by atoms with E-state index in [9.17, 15) is 0 Å². The summed E-state index contributed by atoms with van der Waals surface area (Å²) in [5, 5.41) is 10.9. The standard InChI is InChI=1S/C17H13N5S/c1-2-6-12(7-3-1)16-15(13-10-19-20-11-13)22-17(23-16)21-14-8-4-5-9-18-14/h1-11H,(H,19,20)(H,18,21,22). The summed E-state index contributed by atoms with van der Waals surface area (Å²) in [5.74, 6) is 0.777. The lowest BCUT2D eigenvalue weighted by molar-refractivity contribution is 1.09. The molecule has 0 fully saturated rings. The number of H-pyrrole nitrogens is 1. The van der Waals surface area contributed by atoms with Crippen molar-refractivity contribution in [3.05, 3.63) is 67.1 Å². The minimum absolute atomic E-state index is 0.777. The number of aromatic amines is 1. The van der Waals surface area contributed by atoms with E-state index >= 15 is 0 Å². The van der Waals surface area contributed by atoms with Crippen molar-refractivity contribution in [2.24, 2.45) is 0 Å². The Morgan fingerprint density at radius 1 is 0.957 bits per heavy atom. The van der Waals surface area contributed by atoms with Gasteiger partial charge >= 0.3 is 0 Å². The van der Waals surface area contributed by atoms with Gasteiger partial charge in [-0.2, -0.15) is 5.10 Å². The van der Waals surface area contributed by atoms with Gasteiger partial charge in [0.15, 0.2) is 5.13 Å². The molecule has 0 unspecified atom stereocenters. The second-order valence-electron chi connectivity index (χ2n) is 4.89. The Kier molecular flexibility index (Phi) is 3.57. The Bertz CT molecular complexity index is 885. The van der Waals surface area contributed by atoms with Crippen molar-refractivity contribution in [2.75, 3.05) is 5.32 Å². The van der Waals surface area contributed by atoms with Gasteiger partial charge in [0.1, 0.15) is 5.82 Å². The highest BCUT2D eigenvalue weighted by Gasteiger charge is 2.15. The predicted molar refractivity (Wildman–Crippen MR) is 92.7 cm³/mol. The molecule has 1 aromatic carbocycles. The van der Waals surface area contributed by atoms with Gasteiger partial charge in [-0.15, -0.1) is 0 Å². The monoisotopic (exact) mass is 319 g/mol. The Morgan fingerprint density at radius 3 is 2.57 bits per heavy atom. The van der Waals surface area contributed by atoms with E-state index in [1.165, 1.54) is 0 Å². The molecule has 23 heavy (non-hydrogen) atoms. The maximum atomic E-state index is 4.73. The number of nitrogens with one attached hydrogen (secondary N) is 2. The lowest BCUT2D eigenvalue weighted by Gasteiger charge is -1.99. The summed E-state index contributed by atoms with van der Waals surface area (Å²) in [7, 11) is 0. The molecule has 112 valence electrons. The van der Waals surface area contributed by atoms with E-state index in [-0.39, 0.29) is 0 Å². The molecule has 5 nitrogen and oxygen atoms in total. The van der Waals surface area contributed by atoms with Gasteiger partial charge in [-0.05, 0) is 17.7 Å². The van der Waals surface area contributed by atoms with Crippen LogP contribution in [0.2, 0.25) is 0 Å². The van der Waals surface area contributed by atoms with Gasteiger partial charge in [0.25, 0.3) is 0 Å². The van der Waals surface area contributed by atoms with Crippen LogP contribution in [0.3, 0.4) is 0 Å². The first-order valence-electron chi connectivity index (χ1n) is 7.13. The summed E-state index contributed by atoms with van der Waals surface area (Å²) in [6.45, 7) is 0. The molecule has 6 heteroatoms. The van der Waals surface area contributed by atoms with Crippen LogP contribution in [0.15, 0.2) is 67.1 Å². The van der Waals surface area contributed by atoms with Crippen molar-refractivity contribution in [3.63, 3.8) is 0 Å². The molecule has 0 bridgehead atoms. The quantitative estimate of drug-likeness (QED) is 0.587. The molecule has 0 saturated carbocycles. The smallest absolute Gasteiger partial charge is 0.189 e. The van der Waals surface area contributed by atoms with Gasteiger partial charge in [0.05, 0.1) is 16.8 Å². The Balaban J connectivity index is 1.78. The number of benzene rings is 1. The van der Waals surface area contributed by atoms with Crippen molar-refractivity contribution < 1.29 is 0 Å². The number of rotatable bonds is 4. The fourth-order valence-electron chi connectivity index (χ4n) is 2.28. The second-order valence-corrected chi connectivity index (χ2v) is 5.89. The van der Waals surface area contributed by atoms with Crippen molar-refractivity contribution >= 4 is 22.3 Å². The van der Waals surface area contributed by atoms with E-state index in [1.807, 2.05) is 42.6 Å². The number of hydrogen-bond donors (Lipinski definition) is 2. The molecule has 0 aliphatic heterocycles. The number of nitrogens with zero attached hydrogens (tertiary/aromatic N) is 3. The van der Waals surface area contributed by atoms with Gasteiger partial charge in [-0.1, -0.05) is 47.7 Å². The largest absolute Gasteiger partial charge is 0.316 e. The molecule has 2 N–H and O–H groups in total. The zero-order valence-corrected chi connectivity index (χ0v) is 12.9. The van der Waals surface area contributed by atoms with Crippen LogP contribution in [0.4, 0.5) is 10.9 Å². The third-order valence-electron chi connectivity index (χ3n) is 3.33. The number of anilines is 2. The normalized spacial score (nSPS) is 10.6. The van der Waals surface area contributed by atoms with Crippen LogP contribution in [-0.2, 0) is 0 Å². The fourth-order valence-corrected chi connectivity index (χ4v) is 3.28. The first-order chi connectivity index (χ1) is 11.4. The van der Waals surface area contributed by atoms with Crippen LogP contribution in [0, 0.1) is 0 Å². The molecule has 4 aromatic rings. The van der Waals surface area contributed by atoms with E-state index in [0.29, 0.717) is 0 Å². The highest BCUT2D eigenvalue weighted by molar-refractivity contribution is 7.19. The van der Waals surface area contributed by atoms with Crippen LogP contribution in [0.25, 0.3) is 21.7 Å². The molecule has 0 aliphatic rings. The Morgan fingerprint density at radius 2 is 1.83 bits per heavy atom. The lowest BCUT2D eigenvalue weighted by atomic mass is 10.1. The summed E-state index contributed by atoms with van der Waals surface area (Å²) < 4.78 is 0. The van der Waals surface area contributed by atoms with Crippen LogP contribution in [0.1, 0.15) is 0 Å². The third-order valence-corrected chi connectivity index (χ3v) is 4.35. The number of aromatic nitrogens is 4. The van der Waals surface area contributed by atoms with Crippen molar-refractivity contribution in [2.45, 2.75) is 0 Å². The zero-order chi connectivity index (χ0) is 15.5. The van der Waals surface area contributed by atoms with Crippen LogP contribution in [0.5, 0.6) is 0 Å². The van der Waals surface area contributed by atoms with Gasteiger partial charge in [0, 0.05) is 18.0 Å². The second kappa shape index (κ2) is 6.02. The number of hydrogen-bond acceptors (Lipinski definition) is 5. The minimum Gasteiger partial charge on any atom is -0.316 e. The summed E-state index contributed by atoms with van der Waals surface area (Å²) in [6, 6.07) is 16.0. The summed E-state index contributed by atoms with van der Waals surface area (Å²) >= 11 is 1.60. The molecule has 0 saturated heterocycles. The minimum atomic E-state index is 0.777. The number of thiazole rings is 1. The highest BCUT2D eigenvalue weighted by Crippen LogP contribution is 2.39. The first-order valence-corrected chi connectivity index (χ1v) is 7.95. The number of pyridine rings is 1. The average Bonchev–Trinajstić information content (AvgIpc) is 3.26. The Labute approximate surface area is 137 Å². The average molecular weight is 319 g/mol. The fraction of sp³-hybridized carbons (Fsp3) is 0. The molecule has 0 atom stereocenters. The molecule has 0 aliphatic carbocycles. The first kappa shape index (κ1) is 13.7. The van der Waals surface area contributed by atoms with Crippen LogP contribution < -0.4 is 5.32 Å². The van der Waals surface area contributed by atoms with Gasteiger partial charge in [-0.25, -0.2) is 9.97 Å². The zero-order valence-electron chi connectivity index (χ0n) is 12.1. The van der Waals surface area contributed by atoms with E-state index in [4.69, 9.17) is 4.98 Å². The molecule has 0 radical (unpaired) electrons. The summed E-state index contributed by atoms with van der Waals surface area (Å²) in [4.78, 5) is 10.1. The maximum Gasteiger partial charge on any atom is 0.189 e. The molecule has 0 amide bonds. The van der Waals surface area contributed by atoms with E-state index in [1.54, 1.807) is 23.7 Å². The van der Waals surface area contributed by atoms with E-state index in [0.717, 1.165) is 32.6 Å². The van der Waals surface area contributed by atoms with E-state index < -0.39 is 0 Å². The SMILES string of the molecule is c1ccc(-c2sc(Nc3ccccn3)nc2-c2cn[nH]c2)cc1. The molecule has 0 spiro atoms. The Hall–Kier alpha value is -2.99. The lowest BCUT2D eigenvalue weighted by Crippen LogP contribution is -1.91. The van der Waals surface area contributed by atoms with Crippen LogP contribution in [-0.4, -0.2) is 20.2 Å². The highest BCUT2D eigenvalue weighted by atomic mass is 32.1. The molecular weight excluding hydrogens is 306 g/mol. The van der Waals surface area contributed by atoms with Crippen molar-refractivity contribution in [3.8, 4) is 21.7 Å². The van der Waals surface area contributed by atoms with Gasteiger partial charge in [0.2, 0.25) is 0 Å². The van der Waals surface area contributed by atoms with Crippen molar-refractivity contribution in [1.29, 1.82) is 0 Å².